The fourth-order valence-corrected chi connectivity index (χ4v) is 8.27. The molecule has 0 aliphatic heterocycles. The average Bonchev–Trinajstić information content (AvgIpc) is 3.76. The predicted octanol–water partition coefficient (Wildman–Crippen LogP) is 13.9. The highest BCUT2D eigenvalue weighted by molar-refractivity contribution is 6.25. The van der Waals surface area contributed by atoms with E-state index in [0.717, 1.165) is 54.6 Å². The van der Waals surface area contributed by atoms with Crippen LogP contribution in [0.2, 0.25) is 0 Å². The minimum Gasteiger partial charge on any atom is -0.452 e. The van der Waals surface area contributed by atoms with Gasteiger partial charge >= 0.3 is 0 Å². The molecule has 0 radical (unpaired) electrons. The summed E-state index contributed by atoms with van der Waals surface area (Å²) >= 11 is 0. The lowest BCUT2D eigenvalue weighted by Gasteiger charge is -2.18. The highest BCUT2D eigenvalue weighted by atomic mass is 16.4. The lowest BCUT2D eigenvalue weighted by molar-refractivity contribution is 0.635. The summed E-state index contributed by atoms with van der Waals surface area (Å²) in [5.41, 5.74) is 10.6. The largest absolute Gasteiger partial charge is 0.452 e. The van der Waals surface area contributed by atoms with Crippen LogP contribution in [0.25, 0.3) is 110 Å². The zero-order valence-electron chi connectivity index (χ0n) is 27.0. The molecular weight excluding hydrogens is 609 g/mol. The van der Waals surface area contributed by atoms with Crippen LogP contribution in [0.5, 0.6) is 0 Å². The summed E-state index contributed by atoms with van der Waals surface area (Å²) in [5, 5.41) is 11.6. The normalized spacial score (nSPS) is 12.0. The Bertz CT molecular complexity index is 3080. The number of para-hydroxylation sites is 1. The third-order valence-electron chi connectivity index (χ3n) is 10.4. The van der Waals surface area contributed by atoms with E-state index in [1.807, 2.05) is 12.1 Å². The molecule has 11 aromatic rings. The van der Waals surface area contributed by atoms with Crippen LogP contribution in [0.15, 0.2) is 179 Å². The molecule has 0 N–H and O–H groups in total. The first-order valence-electron chi connectivity index (χ1n) is 17.1. The van der Waals surface area contributed by atoms with Gasteiger partial charge in [-0.25, -0.2) is 0 Å². The molecule has 0 bridgehead atoms. The minimum atomic E-state index is 0.793. The molecule has 2 aromatic heterocycles. The van der Waals surface area contributed by atoms with Gasteiger partial charge in [-0.3, -0.25) is 0 Å². The summed E-state index contributed by atoms with van der Waals surface area (Å²) in [6, 6.07) is 61.0. The second-order valence-corrected chi connectivity index (χ2v) is 13.2. The Morgan fingerprint density at radius 2 is 0.740 bits per heavy atom. The number of fused-ring (bicyclic) bond motifs is 11. The first-order chi connectivity index (χ1) is 24.8. The third kappa shape index (κ3) is 3.85. The van der Waals surface area contributed by atoms with Gasteiger partial charge in [-0.15, -0.1) is 0 Å². The fraction of sp³-hybridized carbons (Fsp3) is 0. The Hall–Kier alpha value is -6.64. The molecule has 9 aromatic carbocycles. The maximum Gasteiger partial charge on any atom is 0.178 e. The smallest absolute Gasteiger partial charge is 0.178 e. The number of hydrogen-bond acceptors (Lipinski definition) is 2. The monoisotopic (exact) mass is 636 g/mol. The number of benzene rings is 9. The molecule has 50 heavy (non-hydrogen) atoms. The van der Waals surface area contributed by atoms with Crippen molar-refractivity contribution in [1.29, 1.82) is 0 Å². The van der Waals surface area contributed by atoms with Crippen molar-refractivity contribution in [1.82, 2.24) is 0 Å². The van der Waals surface area contributed by atoms with Crippen LogP contribution in [-0.4, -0.2) is 0 Å². The van der Waals surface area contributed by atoms with Gasteiger partial charge < -0.3 is 8.83 Å². The number of furan rings is 2. The Morgan fingerprint density at radius 1 is 0.260 bits per heavy atom. The van der Waals surface area contributed by atoms with E-state index in [2.05, 4.69) is 158 Å². The van der Waals surface area contributed by atoms with E-state index in [1.165, 1.54) is 54.9 Å². The van der Waals surface area contributed by atoms with Gasteiger partial charge in [0.25, 0.3) is 0 Å². The second kappa shape index (κ2) is 10.4. The van der Waals surface area contributed by atoms with Crippen LogP contribution in [0.3, 0.4) is 0 Å². The van der Waals surface area contributed by atoms with E-state index in [4.69, 9.17) is 8.83 Å². The summed E-state index contributed by atoms with van der Waals surface area (Å²) in [7, 11) is 0. The third-order valence-corrected chi connectivity index (χ3v) is 10.4. The first kappa shape index (κ1) is 27.3. The van der Waals surface area contributed by atoms with Crippen molar-refractivity contribution >= 4 is 76.2 Å². The Morgan fingerprint density at radius 3 is 1.44 bits per heavy atom. The maximum absolute atomic E-state index is 6.74. The Labute approximate surface area is 287 Å². The molecular formula is C48H28O2. The SMILES string of the molecule is c1ccc(-c2c3ccccc3c(-c3cccc(-c4cc5c6ccc7c8ccccc8oc7c6oc5c5ccccc45)c3)c3ccccc23)cc1. The van der Waals surface area contributed by atoms with E-state index in [9.17, 15) is 0 Å². The van der Waals surface area contributed by atoms with Crippen molar-refractivity contribution in [2.75, 3.05) is 0 Å². The van der Waals surface area contributed by atoms with Crippen molar-refractivity contribution < 1.29 is 8.83 Å². The van der Waals surface area contributed by atoms with Gasteiger partial charge in [-0.1, -0.05) is 140 Å². The van der Waals surface area contributed by atoms with E-state index in [1.54, 1.807) is 0 Å². The lowest BCUT2D eigenvalue weighted by atomic mass is 9.85. The van der Waals surface area contributed by atoms with Crippen LogP contribution in [0.4, 0.5) is 0 Å². The van der Waals surface area contributed by atoms with E-state index in [-0.39, 0.29) is 0 Å². The van der Waals surface area contributed by atoms with Crippen LogP contribution >= 0.6 is 0 Å². The summed E-state index contributed by atoms with van der Waals surface area (Å²) in [6.45, 7) is 0. The topological polar surface area (TPSA) is 26.3 Å². The minimum absolute atomic E-state index is 0.793. The van der Waals surface area contributed by atoms with Gasteiger partial charge in [0.15, 0.2) is 11.2 Å². The molecule has 2 heteroatoms. The molecule has 0 aliphatic rings. The molecule has 0 saturated carbocycles. The van der Waals surface area contributed by atoms with Crippen LogP contribution in [0, 0.1) is 0 Å². The molecule has 2 heterocycles. The van der Waals surface area contributed by atoms with Gasteiger partial charge in [0.1, 0.15) is 11.2 Å². The summed E-state index contributed by atoms with van der Waals surface area (Å²) in [4.78, 5) is 0. The molecule has 2 nitrogen and oxygen atoms in total. The van der Waals surface area contributed by atoms with E-state index >= 15 is 0 Å². The Balaban J connectivity index is 1.18. The molecule has 0 fully saturated rings. The molecule has 0 saturated heterocycles. The van der Waals surface area contributed by atoms with Crippen molar-refractivity contribution in [3.05, 3.63) is 170 Å². The van der Waals surface area contributed by atoms with Crippen LogP contribution < -0.4 is 0 Å². The van der Waals surface area contributed by atoms with Crippen molar-refractivity contribution in [3.8, 4) is 33.4 Å². The van der Waals surface area contributed by atoms with Gasteiger partial charge in [0.2, 0.25) is 0 Å². The van der Waals surface area contributed by atoms with Crippen molar-refractivity contribution in [2.24, 2.45) is 0 Å². The molecule has 0 unspecified atom stereocenters. The van der Waals surface area contributed by atoms with Crippen LogP contribution in [0.1, 0.15) is 0 Å². The molecule has 0 aliphatic carbocycles. The van der Waals surface area contributed by atoms with Gasteiger partial charge in [0, 0.05) is 26.9 Å². The van der Waals surface area contributed by atoms with Crippen molar-refractivity contribution in [2.45, 2.75) is 0 Å². The van der Waals surface area contributed by atoms with Gasteiger partial charge in [0.05, 0.1) is 0 Å². The summed E-state index contributed by atoms with van der Waals surface area (Å²) in [5.74, 6) is 0. The quantitative estimate of drug-likeness (QED) is 0.180. The van der Waals surface area contributed by atoms with Gasteiger partial charge in [-0.2, -0.15) is 0 Å². The fourth-order valence-electron chi connectivity index (χ4n) is 8.27. The molecule has 0 spiro atoms. The molecule has 0 atom stereocenters. The molecule has 232 valence electrons. The summed E-state index contributed by atoms with van der Waals surface area (Å²) < 4.78 is 13.1. The van der Waals surface area contributed by atoms with Crippen molar-refractivity contribution in [3.63, 3.8) is 0 Å². The highest BCUT2D eigenvalue weighted by Crippen LogP contribution is 2.46. The second-order valence-electron chi connectivity index (χ2n) is 13.2. The maximum atomic E-state index is 6.74. The van der Waals surface area contributed by atoms with E-state index < -0.39 is 0 Å². The zero-order chi connectivity index (χ0) is 32.8. The number of rotatable bonds is 3. The molecule has 11 rings (SSSR count). The lowest BCUT2D eigenvalue weighted by Crippen LogP contribution is -1.91. The van der Waals surface area contributed by atoms with E-state index in [0.29, 0.717) is 0 Å². The predicted molar refractivity (Wildman–Crippen MR) is 210 cm³/mol. The Kier molecular flexibility index (Phi) is 5.70. The standard InChI is InChI=1S/C48H28O2/c1-2-13-29(14-3-1)44-34-19-5-7-21-36(34)45(37-22-8-6-20-35(37)44)31-16-12-15-30(27-31)41-28-42-40-26-25-39-33-18-10-11-24-43(33)49-47(39)48(40)50-46(42)38-23-9-4-17-32(38)41/h1-28H. The zero-order valence-corrected chi connectivity index (χ0v) is 27.0. The number of hydrogen-bond donors (Lipinski definition) is 0. The van der Waals surface area contributed by atoms with Gasteiger partial charge in [-0.05, 0) is 90.6 Å². The summed E-state index contributed by atoms with van der Waals surface area (Å²) in [6.07, 6.45) is 0. The highest BCUT2D eigenvalue weighted by Gasteiger charge is 2.21. The average molecular weight is 637 g/mol. The molecule has 0 amide bonds. The first-order valence-corrected chi connectivity index (χ1v) is 17.1. The van der Waals surface area contributed by atoms with Crippen LogP contribution in [-0.2, 0) is 0 Å².